The molecule has 0 bridgehead atoms. The molecule has 3 N–H and O–H groups in total. The number of ketones is 1. The molecule has 0 amide bonds. The number of ether oxygens (including phenoxy) is 2. The molecule has 0 saturated carbocycles. The van der Waals surface area contributed by atoms with Crippen LogP contribution in [0.2, 0.25) is 0 Å². The monoisotopic (exact) mass is 345 g/mol. The molecule has 0 spiro atoms. The predicted molar refractivity (Wildman–Crippen MR) is 85.4 cm³/mol. The maximum Gasteiger partial charge on any atom is 0.339 e. The maximum atomic E-state index is 12.8. The van der Waals surface area contributed by atoms with E-state index < -0.39 is 23.1 Å². The van der Waals surface area contributed by atoms with Gasteiger partial charge in [0.1, 0.15) is 12.2 Å². The van der Waals surface area contributed by atoms with Gasteiger partial charge in [-0.1, -0.05) is 24.3 Å². The Morgan fingerprint density at radius 2 is 2.16 bits per heavy atom. The molecule has 4 rings (SSSR count). The van der Waals surface area contributed by atoms with Gasteiger partial charge >= 0.3 is 5.97 Å². The molecular formula is C18H19NO6. The van der Waals surface area contributed by atoms with Crippen molar-refractivity contribution < 1.29 is 29.3 Å². The van der Waals surface area contributed by atoms with E-state index in [9.17, 15) is 19.8 Å². The zero-order valence-electron chi connectivity index (χ0n) is 13.7. The van der Waals surface area contributed by atoms with Crippen LogP contribution in [0.3, 0.4) is 0 Å². The fourth-order valence-electron chi connectivity index (χ4n) is 3.93. The van der Waals surface area contributed by atoms with Gasteiger partial charge in [-0.15, -0.1) is 0 Å². The van der Waals surface area contributed by atoms with Crippen LogP contribution >= 0.6 is 0 Å². The molecule has 2 aliphatic heterocycles. The first kappa shape index (κ1) is 16.3. The van der Waals surface area contributed by atoms with Crippen LogP contribution in [0.4, 0.5) is 0 Å². The van der Waals surface area contributed by atoms with Crippen molar-refractivity contribution in [3.05, 3.63) is 46.7 Å². The molecule has 1 aromatic rings. The summed E-state index contributed by atoms with van der Waals surface area (Å²) >= 11 is 0. The lowest BCUT2D eigenvalue weighted by Gasteiger charge is -2.32. The van der Waals surface area contributed by atoms with Gasteiger partial charge in [0, 0.05) is 23.4 Å². The van der Waals surface area contributed by atoms with Crippen molar-refractivity contribution in [2.45, 2.75) is 37.2 Å². The molecular weight excluding hydrogens is 326 g/mol. The molecule has 2 heterocycles. The minimum atomic E-state index is -2.41. The van der Waals surface area contributed by atoms with Gasteiger partial charge in [0.15, 0.2) is 0 Å². The maximum absolute atomic E-state index is 12.8. The quantitative estimate of drug-likeness (QED) is 0.679. The summed E-state index contributed by atoms with van der Waals surface area (Å²) in [5.41, 5.74) is -4.11. The molecule has 1 aromatic carbocycles. The van der Waals surface area contributed by atoms with Crippen molar-refractivity contribution in [3.63, 3.8) is 0 Å². The Labute approximate surface area is 144 Å². The number of carbonyl (C=O) groups is 2. The van der Waals surface area contributed by atoms with E-state index in [-0.39, 0.29) is 35.1 Å². The summed E-state index contributed by atoms with van der Waals surface area (Å²) in [6.07, 6.45) is 1.52. The van der Waals surface area contributed by atoms with Crippen molar-refractivity contribution in [2.75, 3.05) is 13.2 Å². The normalized spacial score (nSPS) is 33.2. The number of Topliss-reactive ketones (excluding diaryl/α,β-unsaturated/α-hetero) is 1. The molecule has 7 nitrogen and oxygen atoms in total. The summed E-state index contributed by atoms with van der Waals surface area (Å²) < 4.78 is 10.7. The topological polar surface area (TPSA) is 105 Å². The molecule has 7 heteroatoms. The fraction of sp³-hybridized carbons (Fsp3) is 0.444. The second kappa shape index (κ2) is 5.39. The molecule has 25 heavy (non-hydrogen) atoms. The Balaban J connectivity index is 1.67. The lowest BCUT2D eigenvalue weighted by Crippen LogP contribution is -2.56. The second-order valence-electron chi connectivity index (χ2n) is 6.65. The highest BCUT2D eigenvalue weighted by atomic mass is 16.6. The molecule has 1 fully saturated rings. The van der Waals surface area contributed by atoms with Gasteiger partial charge in [-0.3, -0.25) is 4.79 Å². The summed E-state index contributed by atoms with van der Waals surface area (Å²) in [7, 11) is 0. The molecule has 3 aliphatic rings. The third-order valence-electron chi connectivity index (χ3n) is 5.15. The third-order valence-corrected chi connectivity index (χ3v) is 5.15. The summed E-state index contributed by atoms with van der Waals surface area (Å²) in [6, 6.07) is 6.35. The summed E-state index contributed by atoms with van der Waals surface area (Å²) in [5, 5.41) is 24.9. The molecule has 1 saturated heterocycles. The average Bonchev–Trinajstić information content (AvgIpc) is 3.22. The molecule has 3 atom stereocenters. The Morgan fingerprint density at radius 3 is 2.88 bits per heavy atom. The molecule has 132 valence electrons. The van der Waals surface area contributed by atoms with Gasteiger partial charge < -0.3 is 25.0 Å². The highest BCUT2D eigenvalue weighted by molar-refractivity contribution is 6.16. The SMILES string of the molecule is CC1=C(C(=O)OCC2CCCO2)C2(O)C(=O)c3ccccc3C2(O)N1. The van der Waals surface area contributed by atoms with E-state index in [4.69, 9.17) is 9.47 Å². The number of benzene rings is 1. The van der Waals surface area contributed by atoms with E-state index >= 15 is 0 Å². The first-order chi connectivity index (χ1) is 11.9. The van der Waals surface area contributed by atoms with Crippen molar-refractivity contribution in [3.8, 4) is 0 Å². The van der Waals surface area contributed by atoms with Crippen LogP contribution in [0.5, 0.6) is 0 Å². The van der Waals surface area contributed by atoms with Gasteiger partial charge in [0.05, 0.1) is 6.10 Å². The van der Waals surface area contributed by atoms with Crippen LogP contribution < -0.4 is 5.32 Å². The average molecular weight is 345 g/mol. The van der Waals surface area contributed by atoms with Crippen LogP contribution in [0, 0.1) is 0 Å². The summed E-state index contributed by atoms with van der Waals surface area (Å²) in [5.74, 6) is -1.56. The molecule has 1 aliphatic carbocycles. The van der Waals surface area contributed by atoms with E-state index in [1.165, 1.54) is 13.0 Å². The number of hydrogen-bond donors (Lipinski definition) is 3. The zero-order valence-corrected chi connectivity index (χ0v) is 13.7. The Hall–Kier alpha value is -2.22. The number of aliphatic hydroxyl groups is 2. The highest BCUT2D eigenvalue weighted by Crippen LogP contribution is 2.51. The van der Waals surface area contributed by atoms with Crippen molar-refractivity contribution >= 4 is 11.8 Å². The van der Waals surface area contributed by atoms with E-state index in [1.807, 2.05) is 0 Å². The molecule has 0 aromatic heterocycles. The van der Waals surface area contributed by atoms with E-state index in [1.54, 1.807) is 18.2 Å². The first-order valence-electron chi connectivity index (χ1n) is 8.27. The largest absolute Gasteiger partial charge is 0.459 e. The van der Waals surface area contributed by atoms with Gasteiger partial charge in [-0.25, -0.2) is 4.79 Å². The Kier molecular flexibility index (Phi) is 3.50. The van der Waals surface area contributed by atoms with Crippen LogP contribution in [0.1, 0.15) is 35.7 Å². The minimum Gasteiger partial charge on any atom is -0.459 e. The van der Waals surface area contributed by atoms with E-state index in [2.05, 4.69) is 5.32 Å². The lowest BCUT2D eigenvalue weighted by atomic mass is 9.85. The minimum absolute atomic E-state index is 0.0469. The number of nitrogens with one attached hydrogen (secondary N) is 1. The van der Waals surface area contributed by atoms with E-state index in [0.29, 0.717) is 6.61 Å². The molecule has 3 unspecified atom stereocenters. The summed E-state index contributed by atoms with van der Waals surface area (Å²) in [4.78, 5) is 25.4. The van der Waals surface area contributed by atoms with Gasteiger partial charge in [-0.2, -0.15) is 0 Å². The number of carbonyl (C=O) groups excluding carboxylic acids is 2. The van der Waals surface area contributed by atoms with Crippen LogP contribution in [0.15, 0.2) is 35.5 Å². The summed E-state index contributed by atoms with van der Waals surface area (Å²) in [6.45, 7) is 2.20. The molecule has 0 radical (unpaired) electrons. The number of hydrogen-bond acceptors (Lipinski definition) is 7. The smallest absolute Gasteiger partial charge is 0.339 e. The fourth-order valence-corrected chi connectivity index (χ4v) is 3.93. The van der Waals surface area contributed by atoms with Crippen molar-refractivity contribution in [2.24, 2.45) is 0 Å². The number of allylic oxidation sites excluding steroid dienone is 1. The highest BCUT2D eigenvalue weighted by Gasteiger charge is 2.70. The Bertz CT molecular complexity index is 797. The van der Waals surface area contributed by atoms with Gasteiger partial charge in [-0.05, 0) is 19.8 Å². The number of fused-ring (bicyclic) bond motifs is 3. The lowest BCUT2D eigenvalue weighted by molar-refractivity contribution is -0.149. The third kappa shape index (κ3) is 2.03. The van der Waals surface area contributed by atoms with Gasteiger partial charge in [0.2, 0.25) is 17.1 Å². The van der Waals surface area contributed by atoms with Crippen molar-refractivity contribution in [1.82, 2.24) is 5.32 Å². The van der Waals surface area contributed by atoms with Crippen LogP contribution in [-0.2, 0) is 20.0 Å². The zero-order chi connectivity index (χ0) is 17.8. The predicted octanol–water partition coefficient (Wildman–Crippen LogP) is 0.358. The van der Waals surface area contributed by atoms with Gasteiger partial charge in [0.25, 0.3) is 0 Å². The number of esters is 1. The van der Waals surface area contributed by atoms with Crippen LogP contribution in [-0.4, -0.2) is 46.9 Å². The van der Waals surface area contributed by atoms with E-state index in [0.717, 1.165) is 12.8 Å². The first-order valence-corrected chi connectivity index (χ1v) is 8.27. The van der Waals surface area contributed by atoms with Crippen molar-refractivity contribution in [1.29, 1.82) is 0 Å². The van der Waals surface area contributed by atoms with Crippen LogP contribution in [0.25, 0.3) is 0 Å². The standard InChI is InChI=1S/C18H19NO6/c1-10-14(16(21)25-9-11-5-4-8-24-11)17(22)15(20)12-6-2-3-7-13(12)18(17,23)19-10/h2-3,6-7,11,19,22-23H,4-5,8-9H2,1H3. The number of rotatable bonds is 3. The Morgan fingerprint density at radius 1 is 1.40 bits per heavy atom. The second-order valence-corrected chi connectivity index (χ2v) is 6.65.